The number of nitrogens with zero attached hydrogens (tertiary/aromatic N) is 5. The highest BCUT2D eigenvalue weighted by Gasteiger charge is 2.11. The fourth-order valence-electron chi connectivity index (χ4n) is 1.69. The molecule has 0 fully saturated rings. The Balaban J connectivity index is 2.09. The Morgan fingerprint density at radius 3 is 2.90 bits per heavy atom. The standard InChI is InChI=1S/C12H7ClFN5O/c13-12-15-6-9(14)11(17-12)19-7-8(5-16-19)18-4-2-1-3-10(18)20/h1-7H. The first kappa shape index (κ1) is 12.5. The van der Waals surface area contributed by atoms with Crippen molar-refractivity contribution >= 4 is 11.6 Å². The van der Waals surface area contributed by atoms with Gasteiger partial charge in [-0.15, -0.1) is 0 Å². The third-order valence-electron chi connectivity index (χ3n) is 2.58. The molecule has 0 unspecified atom stereocenters. The van der Waals surface area contributed by atoms with E-state index in [4.69, 9.17) is 11.6 Å². The summed E-state index contributed by atoms with van der Waals surface area (Å²) in [6.45, 7) is 0. The molecule has 0 aliphatic heterocycles. The molecule has 0 amide bonds. The lowest BCUT2D eigenvalue weighted by molar-refractivity contribution is 0.592. The van der Waals surface area contributed by atoms with Crippen molar-refractivity contribution in [2.45, 2.75) is 0 Å². The van der Waals surface area contributed by atoms with E-state index in [0.29, 0.717) is 5.69 Å². The molecule has 100 valence electrons. The zero-order valence-electron chi connectivity index (χ0n) is 9.94. The molecule has 0 spiro atoms. The predicted octanol–water partition coefficient (Wildman–Crippen LogP) is 1.61. The highest BCUT2D eigenvalue weighted by Crippen LogP contribution is 2.13. The summed E-state index contributed by atoms with van der Waals surface area (Å²) in [5.41, 5.74) is 0.276. The molecular formula is C12H7ClFN5O. The molecule has 0 aromatic carbocycles. The summed E-state index contributed by atoms with van der Waals surface area (Å²) in [4.78, 5) is 19.0. The van der Waals surface area contributed by atoms with Crippen LogP contribution >= 0.6 is 11.6 Å². The van der Waals surface area contributed by atoms with Crippen molar-refractivity contribution in [3.8, 4) is 11.5 Å². The zero-order chi connectivity index (χ0) is 14.1. The Labute approximate surface area is 117 Å². The van der Waals surface area contributed by atoms with Crippen LogP contribution in [0.2, 0.25) is 5.28 Å². The van der Waals surface area contributed by atoms with E-state index in [2.05, 4.69) is 15.1 Å². The Morgan fingerprint density at radius 2 is 2.10 bits per heavy atom. The molecule has 3 aromatic heterocycles. The van der Waals surface area contributed by atoms with Gasteiger partial charge in [-0.05, 0) is 17.7 Å². The van der Waals surface area contributed by atoms with E-state index >= 15 is 0 Å². The first-order valence-electron chi connectivity index (χ1n) is 5.56. The maximum Gasteiger partial charge on any atom is 0.255 e. The van der Waals surface area contributed by atoms with E-state index in [1.165, 1.54) is 27.7 Å². The smallest absolute Gasteiger partial charge is 0.255 e. The van der Waals surface area contributed by atoms with Gasteiger partial charge >= 0.3 is 0 Å². The minimum absolute atomic E-state index is 0.0831. The van der Waals surface area contributed by atoms with E-state index in [9.17, 15) is 9.18 Å². The van der Waals surface area contributed by atoms with E-state index in [1.807, 2.05) is 0 Å². The molecule has 8 heteroatoms. The molecule has 0 radical (unpaired) electrons. The maximum absolute atomic E-state index is 13.6. The molecule has 20 heavy (non-hydrogen) atoms. The highest BCUT2D eigenvalue weighted by molar-refractivity contribution is 6.28. The molecule has 3 rings (SSSR count). The summed E-state index contributed by atoms with van der Waals surface area (Å²) in [5, 5.41) is 3.89. The van der Waals surface area contributed by atoms with Crippen molar-refractivity contribution in [3.05, 3.63) is 64.4 Å². The van der Waals surface area contributed by atoms with Gasteiger partial charge in [0.05, 0.1) is 24.3 Å². The molecule has 0 N–H and O–H groups in total. The third-order valence-corrected chi connectivity index (χ3v) is 2.76. The van der Waals surface area contributed by atoms with E-state index in [0.717, 1.165) is 6.20 Å². The summed E-state index contributed by atoms with van der Waals surface area (Å²) >= 11 is 5.63. The number of halogens is 2. The number of hydrogen-bond acceptors (Lipinski definition) is 4. The second-order valence-electron chi connectivity index (χ2n) is 3.86. The Bertz CT molecular complexity index is 828. The van der Waals surface area contributed by atoms with Crippen LogP contribution in [0.1, 0.15) is 0 Å². The van der Waals surface area contributed by atoms with Gasteiger partial charge in [0.25, 0.3) is 5.56 Å². The lowest BCUT2D eigenvalue weighted by Gasteiger charge is -2.02. The average Bonchev–Trinajstić information content (AvgIpc) is 2.91. The van der Waals surface area contributed by atoms with Gasteiger partial charge in [-0.3, -0.25) is 9.36 Å². The third kappa shape index (κ3) is 2.19. The van der Waals surface area contributed by atoms with Crippen molar-refractivity contribution in [1.82, 2.24) is 24.3 Å². The molecule has 6 nitrogen and oxygen atoms in total. The molecule has 0 bridgehead atoms. The SMILES string of the molecule is O=c1ccccn1-c1cnn(-c2nc(Cl)ncc2F)c1. The molecular weight excluding hydrogens is 285 g/mol. The van der Waals surface area contributed by atoms with Crippen LogP contribution < -0.4 is 5.56 Å². The molecule has 3 aromatic rings. The number of rotatable bonds is 2. The largest absolute Gasteiger partial charge is 0.281 e. The second-order valence-corrected chi connectivity index (χ2v) is 4.20. The van der Waals surface area contributed by atoms with Gasteiger partial charge in [-0.25, -0.2) is 14.1 Å². The number of aromatic nitrogens is 5. The Morgan fingerprint density at radius 1 is 1.25 bits per heavy atom. The fraction of sp³-hybridized carbons (Fsp3) is 0. The number of hydrogen-bond donors (Lipinski definition) is 0. The average molecular weight is 292 g/mol. The van der Waals surface area contributed by atoms with Crippen molar-refractivity contribution < 1.29 is 4.39 Å². The van der Waals surface area contributed by atoms with Gasteiger partial charge in [-0.2, -0.15) is 10.1 Å². The monoisotopic (exact) mass is 291 g/mol. The van der Waals surface area contributed by atoms with E-state index < -0.39 is 5.82 Å². The van der Waals surface area contributed by atoms with Crippen molar-refractivity contribution in [2.24, 2.45) is 0 Å². The summed E-state index contributed by atoms with van der Waals surface area (Å²) in [5.74, 6) is -0.746. The first-order valence-corrected chi connectivity index (χ1v) is 5.94. The summed E-state index contributed by atoms with van der Waals surface area (Å²) in [6, 6.07) is 4.76. The van der Waals surface area contributed by atoms with Crippen LogP contribution in [0, 0.1) is 5.82 Å². The van der Waals surface area contributed by atoms with Crippen molar-refractivity contribution in [1.29, 1.82) is 0 Å². The van der Waals surface area contributed by atoms with Crippen LogP contribution in [-0.2, 0) is 0 Å². The van der Waals surface area contributed by atoms with Gasteiger partial charge in [0.1, 0.15) is 0 Å². The van der Waals surface area contributed by atoms with Crippen LogP contribution in [0.5, 0.6) is 0 Å². The quantitative estimate of drug-likeness (QED) is 0.673. The molecule has 0 saturated heterocycles. The Hall–Kier alpha value is -2.54. The number of pyridine rings is 1. The van der Waals surface area contributed by atoms with Crippen LogP contribution in [0.4, 0.5) is 4.39 Å². The van der Waals surface area contributed by atoms with Crippen LogP contribution in [0.3, 0.4) is 0 Å². The summed E-state index contributed by atoms with van der Waals surface area (Å²) in [7, 11) is 0. The summed E-state index contributed by atoms with van der Waals surface area (Å²) in [6.07, 6.45) is 5.45. The minimum Gasteiger partial charge on any atom is -0.281 e. The second kappa shape index (κ2) is 4.86. The molecule has 0 saturated carbocycles. The Kier molecular flexibility index (Phi) is 3.03. The van der Waals surface area contributed by atoms with E-state index in [1.54, 1.807) is 18.3 Å². The van der Waals surface area contributed by atoms with E-state index in [-0.39, 0.29) is 16.7 Å². The van der Waals surface area contributed by atoms with Gasteiger partial charge < -0.3 is 0 Å². The lowest BCUT2D eigenvalue weighted by atomic mass is 10.4. The minimum atomic E-state index is -0.663. The normalized spacial score (nSPS) is 10.7. The lowest BCUT2D eigenvalue weighted by Crippen LogP contribution is -2.14. The molecule has 0 aliphatic rings. The first-order chi connectivity index (χ1) is 9.65. The molecule has 3 heterocycles. The molecule has 0 atom stereocenters. The van der Waals surface area contributed by atoms with Crippen LogP contribution in [0.25, 0.3) is 11.5 Å². The topological polar surface area (TPSA) is 65.6 Å². The van der Waals surface area contributed by atoms with Crippen molar-refractivity contribution in [3.63, 3.8) is 0 Å². The predicted molar refractivity (Wildman–Crippen MR) is 69.7 cm³/mol. The maximum atomic E-state index is 13.6. The van der Waals surface area contributed by atoms with Crippen LogP contribution in [0.15, 0.2) is 47.8 Å². The fourth-order valence-corrected chi connectivity index (χ4v) is 1.82. The van der Waals surface area contributed by atoms with Crippen molar-refractivity contribution in [2.75, 3.05) is 0 Å². The van der Waals surface area contributed by atoms with Gasteiger partial charge in [0, 0.05) is 12.3 Å². The van der Waals surface area contributed by atoms with Gasteiger partial charge in [0.15, 0.2) is 11.6 Å². The summed E-state index contributed by atoms with van der Waals surface area (Å²) < 4.78 is 16.2. The molecule has 0 aliphatic carbocycles. The zero-order valence-corrected chi connectivity index (χ0v) is 10.7. The van der Waals surface area contributed by atoms with Gasteiger partial charge in [0.2, 0.25) is 5.28 Å². The van der Waals surface area contributed by atoms with Crippen LogP contribution in [-0.4, -0.2) is 24.3 Å². The van der Waals surface area contributed by atoms with Gasteiger partial charge in [-0.1, -0.05) is 6.07 Å². The highest BCUT2D eigenvalue weighted by atomic mass is 35.5.